The molecule has 0 amide bonds. The van der Waals surface area contributed by atoms with Gasteiger partial charge in [-0.1, -0.05) is 68.1 Å². The molecule has 114 valence electrons. The Morgan fingerprint density at radius 2 is 1.95 bits per heavy atom. The molecule has 4 nitrogen and oxygen atoms in total. The predicted molar refractivity (Wildman–Crippen MR) is 81.0 cm³/mol. The van der Waals surface area contributed by atoms with E-state index in [1.807, 2.05) is 18.2 Å². The molecular formula is C15H20ClN3OS. The van der Waals surface area contributed by atoms with Gasteiger partial charge in [-0.3, -0.25) is 0 Å². The molecule has 2 aromatic rings. The van der Waals surface area contributed by atoms with Gasteiger partial charge in [0.05, 0.1) is 0 Å². The number of quaternary nitrogens is 1. The molecule has 1 heterocycles. The average molecular weight is 326 g/mol. The van der Waals surface area contributed by atoms with Crippen molar-refractivity contribution in [1.29, 1.82) is 0 Å². The lowest BCUT2D eigenvalue weighted by Gasteiger charge is -2.05. The summed E-state index contributed by atoms with van der Waals surface area (Å²) in [5, 5.41) is 8.69. The predicted octanol–water partition coefficient (Wildman–Crippen LogP) is -0.182. The second kappa shape index (κ2) is 8.87. The minimum atomic E-state index is 0. The quantitative estimate of drug-likeness (QED) is 0.748. The van der Waals surface area contributed by atoms with Gasteiger partial charge in [0.25, 0.3) is 11.1 Å². The zero-order valence-electron chi connectivity index (χ0n) is 12.2. The van der Waals surface area contributed by atoms with Gasteiger partial charge in [-0.05, 0) is 5.56 Å². The number of aromatic nitrogens is 2. The monoisotopic (exact) mass is 325 g/mol. The van der Waals surface area contributed by atoms with Gasteiger partial charge in [-0.2, -0.15) is 0 Å². The first-order valence-corrected chi connectivity index (χ1v) is 7.66. The molecule has 0 fully saturated rings. The van der Waals surface area contributed by atoms with Crippen LogP contribution in [0.4, 0.5) is 0 Å². The Morgan fingerprint density at radius 3 is 2.62 bits per heavy atom. The van der Waals surface area contributed by atoms with Crippen LogP contribution >= 0.6 is 11.8 Å². The molecule has 1 atom stereocenters. The number of thioether (sulfide) groups is 1. The summed E-state index contributed by atoms with van der Waals surface area (Å²) < 4.78 is 5.60. The van der Waals surface area contributed by atoms with E-state index < -0.39 is 0 Å². The van der Waals surface area contributed by atoms with Crippen molar-refractivity contribution in [2.75, 3.05) is 5.75 Å². The Balaban J connectivity index is 0.00000220. The molecule has 0 aliphatic rings. The van der Waals surface area contributed by atoms with E-state index in [4.69, 9.17) is 4.42 Å². The Morgan fingerprint density at radius 1 is 1.24 bits per heavy atom. The number of hydrogen-bond acceptors (Lipinski definition) is 4. The molecule has 2 rings (SSSR count). The minimum Gasteiger partial charge on any atom is -1.00 e. The van der Waals surface area contributed by atoms with Crippen LogP contribution in [0.15, 0.2) is 46.0 Å². The normalized spacial score (nSPS) is 12.6. The summed E-state index contributed by atoms with van der Waals surface area (Å²) in [7, 11) is 0. The SMILES string of the molecule is CC(C)[C@H]([NH3+])c1nnc(SC/C=C/c2ccccc2)o1.[Cl-]. The van der Waals surface area contributed by atoms with Gasteiger partial charge >= 0.3 is 0 Å². The van der Waals surface area contributed by atoms with E-state index >= 15 is 0 Å². The summed E-state index contributed by atoms with van der Waals surface area (Å²) in [4.78, 5) is 0. The molecule has 21 heavy (non-hydrogen) atoms. The molecule has 1 aromatic carbocycles. The molecule has 0 spiro atoms. The van der Waals surface area contributed by atoms with Crippen LogP contribution in [0.25, 0.3) is 6.08 Å². The fourth-order valence-corrected chi connectivity index (χ4v) is 2.16. The van der Waals surface area contributed by atoms with E-state index in [1.165, 1.54) is 17.3 Å². The third kappa shape index (κ3) is 5.53. The number of halogens is 1. The van der Waals surface area contributed by atoms with Gasteiger partial charge in [0, 0.05) is 11.7 Å². The fourth-order valence-electron chi connectivity index (χ4n) is 1.58. The van der Waals surface area contributed by atoms with E-state index in [0.717, 1.165) is 5.75 Å². The third-order valence-corrected chi connectivity index (χ3v) is 3.73. The lowest BCUT2D eigenvalue weighted by molar-refractivity contribution is -0.443. The zero-order valence-corrected chi connectivity index (χ0v) is 13.8. The molecular weight excluding hydrogens is 306 g/mol. The Kier molecular flexibility index (Phi) is 7.50. The molecule has 0 saturated heterocycles. The largest absolute Gasteiger partial charge is 1.00 e. The maximum Gasteiger partial charge on any atom is 0.277 e. The van der Waals surface area contributed by atoms with E-state index in [1.54, 1.807) is 0 Å². The second-order valence-corrected chi connectivity index (χ2v) is 5.85. The van der Waals surface area contributed by atoms with Crippen molar-refractivity contribution in [3.8, 4) is 0 Å². The van der Waals surface area contributed by atoms with Crippen molar-refractivity contribution in [3.05, 3.63) is 47.9 Å². The lowest BCUT2D eigenvalue weighted by atomic mass is 10.1. The summed E-state index contributed by atoms with van der Waals surface area (Å²) >= 11 is 1.53. The smallest absolute Gasteiger partial charge is 0.277 e. The van der Waals surface area contributed by atoms with Crippen LogP contribution in [-0.4, -0.2) is 16.0 Å². The van der Waals surface area contributed by atoms with E-state index in [0.29, 0.717) is 17.0 Å². The highest BCUT2D eigenvalue weighted by atomic mass is 35.5. The number of nitrogens with zero attached hydrogens (tertiary/aromatic N) is 2. The standard InChI is InChI=1S/C15H19N3OS.ClH/c1-11(2)13(16)14-17-18-15(19-14)20-10-6-9-12-7-4-3-5-8-12;/h3-9,11,13H,10,16H2,1-2H3;1H/b9-6+;/t13-;/m0./s1. The molecule has 0 saturated carbocycles. The number of benzene rings is 1. The highest BCUT2D eigenvalue weighted by molar-refractivity contribution is 7.99. The van der Waals surface area contributed by atoms with Crippen LogP contribution in [0.1, 0.15) is 31.3 Å². The van der Waals surface area contributed by atoms with Gasteiger partial charge in [-0.15, -0.1) is 10.2 Å². The van der Waals surface area contributed by atoms with Crippen molar-refractivity contribution >= 4 is 17.8 Å². The molecule has 0 bridgehead atoms. The molecule has 0 unspecified atom stereocenters. The molecule has 0 radical (unpaired) electrons. The first-order chi connectivity index (χ1) is 9.66. The lowest BCUT2D eigenvalue weighted by Crippen LogP contribution is -3.00. The van der Waals surface area contributed by atoms with Crippen molar-refractivity contribution in [3.63, 3.8) is 0 Å². The average Bonchev–Trinajstić information content (AvgIpc) is 2.92. The number of hydrogen-bond donors (Lipinski definition) is 1. The summed E-state index contributed by atoms with van der Waals surface area (Å²) in [5.41, 5.74) is 5.23. The summed E-state index contributed by atoms with van der Waals surface area (Å²) in [6, 6.07) is 10.3. The number of rotatable bonds is 6. The Hall–Kier alpha value is -1.30. The summed E-state index contributed by atoms with van der Waals surface area (Å²) in [5.74, 6) is 1.82. The Bertz CT molecular complexity index is 557. The van der Waals surface area contributed by atoms with Gasteiger partial charge in [-0.25, -0.2) is 0 Å². The van der Waals surface area contributed by atoms with Crippen LogP contribution < -0.4 is 18.1 Å². The van der Waals surface area contributed by atoms with Crippen molar-refractivity contribution in [2.24, 2.45) is 5.92 Å². The highest BCUT2D eigenvalue weighted by Crippen LogP contribution is 2.21. The van der Waals surface area contributed by atoms with Gasteiger partial charge < -0.3 is 22.6 Å². The van der Waals surface area contributed by atoms with Gasteiger partial charge in [0.15, 0.2) is 6.04 Å². The maximum atomic E-state index is 5.60. The molecule has 3 N–H and O–H groups in total. The fraction of sp³-hybridized carbons (Fsp3) is 0.333. The van der Waals surface area contributed by atoms with Crippen molar-refractivity contribution < 1.29 is 22.6 Å². The minimum absolute atomic E-state index is 0. The van der Waals surface area contributed by atoms with E-state index in [2.05, 4.69) is 54.1 Å². The highest BCUT2D eigenvalue weighted by Gasteiger charge is 2.21. The van der Waals surface area contributed by atoms with Crippen LogP contribution in [0.2, 0.25) is 0 Å². The molecule has 1 aromatic heterocycles. The molecule has 0 aliphatic carbocycles. The van der Waals surface area contributed by atoms with Crippen LogP contribution in [0.3, 0.4) is 0 Å². The zero-order chi connectivity index (χ0) is 14.4. The van der Waals surface area contributed by atoms with Crippen LogP contribution in [0.5, 0.6) is 0 Å². The Labute approximate surface area is 135 Å². The van der Waals surface area contributed by atoms with Crippen molar-refractivity contribution in [1.82, 2.24) is 10.2 Å². The third-order valence-electron chi connectivity index (χ3n) is 2.96. The second-order valence-electron chi connectivity index (χ2n) is 4.88. The van der Waals surface area contributed by atoms with Crippen molar-refractivity contribution in [2.45, 2.75) is 25.1 Å². The molecule has 0 aliphatic heterocycles. The first kappa shape index (κ1) is 17.8. The molecule has 6 heteroatoms. The van der Waals surface area contributed by atoms with Crippen LogP contribution in [0, 0.1) is 5.92 Å². The van der Waals surface area contributed by atoms with E-state index in [9.17, 15) is 0 Å². The van der Waals surface area contributed by atoms with Gasteiger partial charge in [0.2, 0.25) is 0 Å². The summed E-state index contributed by atoms with van der Waals surface area (Å²) in [6.07, 6.45) is 4.18. The topological polar surface area (TPSA) is 66.6 Å². The maximum absolute atomic E-state index is 5.60. The summed E-state index contributed by atoms with van der Waals surface area (Å²) in [6.45, 7) is 4.19. The van der Waals surface area contributed by atoms with E-state index in [-0.39, 0.29) is 18.4 Å². The van der Waals surface area contributed by atoms with Gasteiger partial charge in [0.1, 0.15) is 0 Å². The first-order valence-electron chi connectivity index (χ1n) is 6.67. The van der Waals surface area contributed by atoms with Crippen LogP contribution in [-0.2, 0) is 0 Å².